The highest BCUT2D eigenvalue weighted by Crippen LogP contribution is 2.25. The van der Waals surface area contributed by atoms with E-state index < -0.39 is 0 Å². The van der Waals surface area contributed by atoms with Crippen molar-refractivity contribution < 1.29 is 4.79 Å². The minimum atomic E-state index is 0.229. The minimum Gasteiger partial charge on any atom is -0.298 e. The predicted molar refractivity (Wildman–Crippen MR) is 70.1 cm³/mol. The van der Waals surface area contributed by atoms with Crippen molar-refractivity contribution in [2.75, 3.05) is 17.3 Å². The van der Waals surface area contributed by atoms with Crippen LogP contribution in [0.15, 0.2) is 12.3 Å². The predicted octanol–water partition coefficient (Wildman–Crippen LogP) is 1.77. The molecule has 0 amide bonds. The number of nitrogens with zero attached hydrogens (tertiary/aromatic N) is 2. The quantitative estimate of drug-likeness (QED) is 0.822. The standard InChI is InChI=1S/C11H16N2OS2/c1-13-9(4-5-12-13)2-3-10(14)11-8-15-6-7-16-11/h4-5,11H,2-3,6-8H2,1H3. The highest BCUT2D eigenvalue weighted by Gasteiger charge is 2.21. The number of thioether (sulfide) groups is 2. The van der Waals surface area contributed by atoms with Crippen LogP contribution in [0, 0.1) is 0 Å². The first-order chi connectivity index (χ1) is 7.77. The molecule has 1 unspecified atom stereocenters. The summed E-state index contributed by atoms with van der Waals surface area (Å²) in [6, 6.07) is 1.98. The van der Waals surface area contributed by atoms with Crippen LogP contribution in [0.5, 0.6) is 0 Å². The van der Waals surface area contributed by atoms with Crippen LogP contribution in [0.4, 0.5) is 0 Å². The summed E-state index contributed by atoms with van der Waals surface area (Å²) in [5.41, 5.74) is 1.14. The fourth-order valence-electron chi connectivity index (χ4n) is 1.73. The molecule has 1 fully saturated rings. The Labute approximate surface area is 104 Å². The summed E-state index contributed by atoms with van der Waals surface area (Å²) in [4.78, 5) is 11.9. The van der Waals surface area contributed by atoms with Crippen LogP contribution in [-0.2, 0) is 18.3 Å². The molecule has 1 aromatic heterocycles. The summed E-state index contributed by atoms with van der Waals surface area (Å²) in [6.07, 6.45) is 3.25. The van der Waals surface area contributed by atoms with Crippen LogP contribution in [0.3, 0.4) is 0 Å². The zero-order valence-electron chi connectivity index (χ0n) is 9.39. The Balaban J connectivity index is 1.81. The summed E-state index contributed by atoms with van der Waals surface area (Å²) in [6.45, 7) is 0. The lowest BCUT2D eigenvalue weighted by atomic mass is 10.1. The Morgan fingerprint density at radius 2 is 2.50 bits per heavy atom. The number of Topliss-reactive ketones (excluding diaryl/α,β-unsaturated/α-hetero) is 1. The molecule has 3 nitrogen and oxygen atoms in total. The molecule has 0 spiro atoms. The number of ketones is 1. The molecule has 88 valence electrons. The highest BCUT2D eigenvalue weighted by atomic mass is 32.2. The van der Waals surface area contributed by atoms with Gasteiger partial charge >= 0.3 is 0 Å². The van der Waals surface area contributed by atoms with Crippen LogP contribution < -0.4 is 0 Å². The molecule has 0 radical (unpaired) electrons. The molecule has 1 aromatic rings. The number of carbonyl (C=O) groups excluding carboxylic acids is 1. The zero-order chi connectivity index (χ0) is 11.4. The van der Waals surface area contributed by atoms with Gasteiger partial charge in [-0.2, -0.15) is 16.9 Å². The van der Waals surface area contributed by atoms with Crippen LogP contribution >= 0.6 is 23.5 Å². The van der Waals surface area contributed by atoms with Crippen molar-refractivity contribution in [2.24, 2.45) is 7.05 Å². The van der Waals surface area contributed by atoms with Crippen molar-refractivity contribution in [3.8, 4) is 0 Å². The fourth-order valence-corrected chi connectivity index (χ4v) is 4.42. The monoisotopic (exact) mass is 256 g/mol. The summed E-state index contributed by atoms with van der Waals surface area (Å²) in [7, 11) is 1.92. The second-order valence-electron chi connectivity index (χ2n) is 3.85. The van der Waals surface area contributed by atoms with Gasteiger partial charge in [0.25, 0.3) is 0 Å². The van der Waals surface area contributed by atoms with Gasteiger partial charge < -0.3 is 0 Å². The highest BCUT2D eigenvalue weighted by molar-refractivity contribution is 8.07. The van der Waals surface area contributed by atoms with Gasteiger partial charge in [0.2, 0.25) is 0 Å². The van der Waals surface area contributed by atoms with E-state index >= 15 is 0 Å². The number of carbonyl (C=O) groups is 1. The third-order valence-electron chi connectivity index (χ3n) is 2.73. The van der Waals surface area contributed by atoms with Crippen LogP contribution in [-0.4, -0.2) is 38.1 Å². The lowest BCUT2D eigenvalue weighted by Crippen LogP contribution is -2.24. The first-order valence-electron chi connectivity index (χ1n) is 5.46. The maximum Gasteiger partial charge on any atom is 0.147 e. The SMILES string of the molecule is Cn1nccc1CCC(=O)C1CSCCS1. The van der Waals surface area contributed by atoms with E-state index in [0.29, 0.717) is 12.2 Å². The van der Waals surface area contributed by atoms with E-state index in [1.54, 1.807) is 6.20 Å². The van der Waals surface area contributed by atoms with Gasteiger partial charge in [-0.3, -0.25) is 9.48 Å². The van der Waals surface area contributed by atoms with E-state index in [0.717, 1.165) is 23.6 Å². The minimum absolute atomic E-state index is 0.229. The van der Waals surface area contributed by atoms with Crippen LogP contribution in [0.25, 0.3) is 0 Å². The van der Waals surface area contributed by atoms with E-state index in [-0.39, 0.29) is 5.25 Å². The van der Waals surface area contributed by atoms with Gasteiger partial charge in [0.05, 0.1) is 5.25 Å². The van der Waals surface area contributed by atoms with Crippen molar-refractivity contribution in [1.82, 2.24) is 9.78 Å². The zero-order valence-corrected chi connectivity index (χ0v) is 11.0. The topological polar surface area (TPSA) is 34.9 Å². The van der Waals surface area contributed by atoms with Gasteiger partial charge in [-0.1, -0.05) is 0 Å². The number of hydrogen-bond donors (Lipinski definition) is 0. The van der Waals surface area contributed by atoms with Crippen LogP contribution in [0.1, 0.15) is 12.1 Å². The maximum absolute atomic E-state index is 11.9. The van der Waals surface area contributed by atoms with Crippen molar-refractivity contribution in [3.05, 3.63) is 18.0 Å². The number of aryl methyl sites for hydroxylation is 2. The molecule has 1 aliphatic heterocycles. The van der Waals surface area contributed by atoms with Crippen molar-refractivity contribution >= 4 is 29.3 Å². The first kappa shape index (κ1) is 12.0. The molecule has 0 bridgehead atoms. The molecule has 0 N–H and O–H groups in total. The number of aromatic nitrogens is 2. The average Bonchev–Trinajstić information content (AvgIpc) is 2.73. The Morgan fingerprint density at radius 1 is 1.62 bits per heavy atom. The average molecular weight is 256 g/mol. The summed E-state index contributed by atoms with van der Waals surface area (Å²) in [5, 5.41) is 4.33. The van der Waals surface area contributed by atoms with Gasteiger partial charge in [-0.15, -0.1) is 11.8 Å². The molecule has 0 aromatic carbocycles. The first-order valence-corrected chi connectivity index (χ1v) is 7.66. The molecule has 0 saturated carbocycles. The van der Waals surface area contributed by atoms with E-state index in [1.807, 2.05) is 41.3 Å². The second-order valence-corrected chi connectivity index (χ2v) is 6.31. The van der Waals surface area contributed by atoms with E-state index in [1.165, 1.54) is 5.75 Å². The molecule has 0 aliphatic carbocycles. The summed E-state index contributed by atoms with van der Waals surface area (Å²) < 4.78 is 1.84. The summed E-state index contributed by atoms with van der Waals surface area (Å²) >= 11 is 3.72. The van der Waals surface area contributed by atoms with E-state index in [9.17, 15) is 4.79 Å². The lowest BCUT2D eigenvalue weighted by molar-refractivity contribution is -0.118. The smallest absolute Gasteiger partial charge is 0.147 e. The largest absolute Gasteiger partial charge is 0.298 e. The Morgan fingerprint density at radius 3 is 3.12 bits per heavy atom. The van der Waals surface area contributed by atoms with E-state index in [4.69, 9.17) is 0 Å². The molecule has 1 saturated heterocycles. The molecule has 1 atom stereocenters. The van der Waals surface area contributed by atoms with Gasteiger partial charge in [-0.05, 0) is 12.5 Å². The normalized spacial score (nSPS) is 20.9. The third kappa shape index (κ3) is 3.04. The number of rotatable bonds is 4. The van der Waals surface area contributed by atoms with Gasteiger partial charge in [0.1, 0.15) is 5.78 Å². The van der Waals surface area contributed by atoms with Gasteiger partial charge in [-0.25, -0.2) is 0 Å². The third-order valence-corrected chi connectivity index (χ3v) is 5.53. The van der Waals surface area contributed by atoms with Crippen LogP contribution in [0.2, 0.25) is 0 Å². The molecule has 16 heavy (non-hydrogen) atoms. The second kappa shape index (κ2) is 5.77. The maximum atomic E-state index is 11.9. The number of hydrogen-bond acceptors (Lipinski definition) is 4. The molecule has 1 aliphatic rings. The molecule has 2 rings (SSSR count). The van der Waals surface area contributed by atoms with Crippen molar-refractivity contribution in [3.63, 3.8) is 0 Å². The van der Waals surface area contributed by atoms with Crippen molar-refractivity contribution in [1.29, 1.82) is 0 Å². The molecule has 2 heterocycles. The van der Waals surface area contributed by atoms with Crippen molar-refractivity contribution in [2.45, 2.75) is 18.1 Å². The molecular formula is C11H16N2OS2. The van der Waals surface area contributed by atoms with Gasteiger partial charge in [0, 0.05) is 42.6 Å². The Bertz CT molecular complexity index is 359. The van der Waals surface area contributed by atoms with Gasteiger partial charge in [0.15, 0.2) is 0 Å². The molecular weight excluding hydrogens is 240 g/mol. The molecule has 5 heteroatoms. The Kier molecular flexibility index (Phi) is 4.35. The fraction of sp³-hybridized carbons (Fsp3) is 0.636. The Hall–Kier alpha value is -0.420. The summed E-state index contributed by atoms with van der Waals surface area (Å²) in [5.74, 6) is 3.70. The van der Waals surface area contributed by atoms with E-state index in [2.05, 4.69) is 5.10 Å². The lowest BCUT2D eigenvalue weighted by Gasteiger charge is -2.19.